The van der Waals surface area contributed by atoms with Crippen molar-refractivity contribution in [2.75, 3.05) is 43.5 Å². The highest BCUT2D eigenvalue weighted by molar-refractivity contribution is 5.96. The summed E-state index contributed by atoms with van der Waals surface area (Å²) in [5.74, 6) is 0.564. The number of hydrogen-bond donors (Lipinski definition) is 4. The second-order valence-electron chi connectivity index (χ2n) is 9.82. The van der Waals surface area contributed by atoms with E-state index < -0.39 is 11.8 Å². The largest absolute Gasteiger partial charge is 0.497 e. The van der Waals surface area contributed by atoms with Crippen molar-refractivity contribution < 1.29 is 18.7 Å². The SMILES string of the molecule is COc1ccc(C(N)=O)cc1.NC(=O)c1ncc(N2CCCCC2)nc1Nc1ccc(C2CCNCC2)c(F)c1. The van der Waals surface area contributed by atoms with Crippen LogP contribution >= 0.6 is 0 Å². The average molecular weight is 550 g/mol. The van der Waals surface area contributed by atoms with Crippen LogP contribution in [0.3, 0.4) is 0 Å². The Morgan fingerprint density at radius 2 is 1.73 bits per heavy atom. The van der Waals surface area contributed by atoms with Gasteiger partial charge in [0.1, 0.15) is 17.4 Å². The Kier molecular flexibility index (Phi) is 9.85. The lowest BCUT2D eigenvalue weighted by Gasteiger charge is -2.28. The van der Waals surface area contributed by atoms with Crippen molar-refractivity contribution in [1.29, 1.82) is 0 Å². The van der Waals surface area contributed by atoms with E-state index in [1.54, 1.807) is 37.6 Å². The zero-order chi connectivity index (χ0) is 28.5. The van der Waals surface area contributed by atoms with Crippen LogP contribution in [-0.2, 0) is 0 Å². The van der Waals surface area contributed by atoms with E-state index >= 15 is 0 Å². The monoisotopic (exact) mass is 549 g/mol. The van der Waals surface area contributed by atoms with Gasteiger partial charge in [0.25, 0.3) is 5.91 Å². The number of rotatable bonds is 7. The van der Waals surface area contributed by atoms with Crippen LogP contribution in [0.4, 0.5) is 21.7 Å². The molecule has 40 heavy (non-hydrogen) atoms. The Morgan fingerprint density at radius 3 is 2.33 bits per heavy atom. The standard InChI is InChI=1S/C21H27FN6O.C8H9NO2/c22-17-12-15(4-5-16(17)14-6-8-24-9-7-14)26-21-19(20(23)29)25-13-18(27-21)28-10-2-1-3-11-28;1-11-7-4-2-6(3-5-7)8(9)10/h4-5,12-14,24H,1-3,6-11H2,(H2,23,29)(H,26,27);2-5H,1H3,(H2,9,10). The summed E-state index contributed by atoms with van der Waals surface area (Å²) in [7, 11) is 1.57. The van der Waals surface area contributed by atoms with Crippen molar-refractivity contribution in [3.05, 3.63) is 71.3 Å². The second kappa shape index (κ2) is 13.7. The number of carbonyl (C=O) groups excluding carboxylic acids is 2. The molecule has 11 heteroatoms. The fourth-order valence-electron chi connectivity index (χ4n) is 4.88. The van der Waals surface area contributed by atoms with Crippen LogP contribution in [-0.4, -0.2) is 55.1 Å². The van der Waals surface area contributed by atoms with Gasteiger partial charge in [0.15, 0.2) is 11.5 Å². The lowest BCUT2D eigenvalue weighted by atomic mass is 9.90. The number of halogens is 1. The number of amides is 2. The van der Waals surface area contributed by atoms with Gasteiger partial charge >= 0.3 is 0 Å². The molecule has 0 atom stereocenters. The Labute approximate surface area is 233 Å². The molecule has 0 bridgehead atoms. The van der Waals surface area contributed by atoms with E-state index in [1.807, 2.05) is 12.1 Å². The molecule has 10 nitrogen and oxygen atoms in total. The predicted molar refractivity (Wildman–Crippen MR) is 153 cm³/mol. The quantitative estimate of drug-likeness (QED) is 0.349. The van der Waals surface area contributed by atoms with E-state index in [-0.39, 0.29) is 23.2 Å². The van der Waals surface area contributed by atoms with E-state index in [2.05, 4.69) is 25.5 Å². The van der Waals surface area contributed by atoms with Gasteiger partial charge in [0, 0.05) is 24.3 Å². The molecule has 6 N–H and O–H groups in total. The summed E-state index contributed by atoms with van der Waals surface area (Å²) in [6, 6.07) is 11.7. The fraction of sp³-hybridized carbons (Fsp3) is 0.379. The van der Waals surface area contributed by atoms with Crippen molar-refractivity contribution in [3.8, 4) is 5.75 Å². The van der Waals surface area contributed by atoms with Crippen LogP contribution in [0.1, 0.15) is 64.4 Å². The van der Waals surface area contributed by atoms with E-state index in [0.717, 1.165) is 63.2 Å². The van der Waals surface area contributed by atoms with Gasteiger partial charge in [-0.25, -0.2) is 14.4 Å². The maximum atomic E-state index is 14.8. The highest BCUT2D eigenvalue weighted by Gasteiger charge is 2.21. The van der Waals surface area contributed by atoms with Crippen LogP contribution in [0.2, 0.25) is 0 Å². The molecule has 212 valence electrons. The van der Waals surface area contributed by atoms with Gasteiger partial charge in [-0.1, -0.05) is 6.07 Å². The van der Waals surface area contributed by atoms with Crippen molar-refractivity contribution in [1.82, 2.24) is 15.3 Å². The van der Waals surface area contributed by atoms with Gasteiger partial charge in [-0.15, -0.1) is 0 Å². The third-order valence-electron chi connectivity index (χ3n) is 7.09. The van der Waals surface area contributed by atoms with E-state index in [1.165, 1.54) is 12.5 Å². The summed E-state index contributed by atoms with van der Waals surface area (Å²) in [6.07, 6.45) is 6.85. The fourth-order valence-corrected chi connectivity index (χ4v) is 4.88. The van der Waals surface area contributed by atoms with E-state index in [9.17, 15) is 14.0 Å². The molecule has 3 heterocycles. The number of methoxy groups -OCH3 is 1. The number of nitrogens with two attached hydrogens (primary N) is 2. The predicted octanol–water partition coefficient (Wildman–Crippen LogP) is 3.71. The lowest BCUT2D eigenvalue weighted by Crippen LogP contribution is -2.31. The lowest BCUT2D eigenvalue weighted by molar-refractivity contribution is 0.0989. The summed E-state index contributed by atoms with van der Waals surface area (Å²) in [5, 5.41) is 6.35. The van der Waals surface area contributed by atoms with Gasteiger partial charge < -0.3 is 31.7 Å². The van der Waals surface area contributed by atoms with Gasteiger partial charge in [-0.3, -0.25) is 9.59 Å². The first kappa shape index (κ1) is 28.8. The van der Waals surface area contributed by atoms with Crippen molar-refractivity contribution in [2.24, 2.45) is 11.5 Å². The first-order valence-corrected chi connectivity index (χ1v) is 13.5. The molecule has 1 aromatic heterocycles. The number of ether oxygens (including phenoxy) is 1. The zero-order valence-corrected chi connectivity index (χ0v) is 22.7. The molecule has 0 saturated carbocycles. The Bertz CT molecular complexity index is 1310. The van der Waals surface area contributed by atoms with Gasteiger partial charge in [0.05, 0.1) is 13.3 Å². The molecule has 2 fully saturated rings. The first-order chi connectivity index (χ1) is 19.4. The third kappa shape index (κ3) is 7.44. The molecule has 2 aromatic carbocycles. The number of benzene rings is 2. The Hall–Kier alpha value is -4.25. The van der Waals surface area contributed by atoms with E-state index in [0.29, 0.717) is 17.1 Å². The topological polar surface area (TPSA) is 148 Å². The molecule has 0 unspecified atom stereocenters. The summed E-state index contributed by atoms with van der Waals surface area (Å²) in [5.41, 5.74) is 12.3. The van der Waals surface area contributed by atoms with Crippen LogP contribution in [0.5, 0.6) is 5.75 Å². The molecule has 3 aromatic rings. The second-order valence-corrected chi connectivity index (χ2v) is 9.82. The molecule has 0 aliphatic carbocycles. The number of anilines is 3. The smallest absolute Gasteiger partial charge is 0.271 e. The number of primary amides is 2. The minimum absolute atomic E-state index is 0.0496. The van der Waals surface area contributed by atoms with Crippen LogP contribution in [0.15, 0.2) is 48.7 Å². The number of nitrogens with one attached hydrogen (secondary N) is 2. The number of carbonyl (C=O) groups is 2. The zero-order valence-electron chi connectivity index (χ0n) is 22.7. The molecule has 2 aliphatic heterocycles. The number of piperidine rings is 2. The minimum Gasteiger partial charge on any atom is -0.497 e. The average Bonchev–Trinajstić information content (AvgIpc) is 2.98. The van der Waals surface area contributed by atoms with Crippen molar-refractivity contribution >= 4 is 29.1 Å². The van der Waals surface area contributed by atoms with E-state index in [4.69, 9.17) is 16.2 Å². The van der Waals surface area contributed by atoms with Gasteiger partial charge in [0.2, 0.25) is 5.91 Å². The van der Waals surface area contributed by atoms with Gasteiger partial charge in [-0.2, -0.15) is 0 Å². The highest BCUT2D eigenvalue weighted by atomic mass is 19.1. The Balaban J connectivity index is 0.000000283. The molecule has 2 saturated heterocycles. The van der Waals surface area contributed by atoms with Crippen LogP contribution < -0.4 is 31.7 Å². The van der Waals surface area contributed by atoms with Crippen molar-refractivity contribution in [2.45, 2.75) is 38.0 Å². The molecular formula is C29H36FN7O3. The maximum absolute atomic E-state index is 14.8. The summed E-state index contributed by atoms with van der Waals surface area (Å²) in [4.78, 5) is 33.3. The summed E-state index contributed by atoms with van der Waals surface area (Å²) in [6.45, 7) is 3.63. The van der Waals surface area contributed by atoms with Crippen molar-refractivity contribution in [3.63, 3.8) is 0 Å². The molecule has 0 radical (unpaired) electrons. The summed E-state index contributed by atoms with van der Waals surface area (Å²) >= 11 is 0. The molecule has 2 aliphatic rings. The van der Waals surface area contributed by atoms with Gasteiger partial charge in [-0.05, 0) is 93.1 Å². The minimum atomic E-state index is -0.669. The molecule has 5 rings (SSSR count). The Morgan fingerprint density at radius 1 is 1.02 bits per heavy atom. The summed E-state index contributed by atoms with van der Waals surface area (Å²) < 4.78 is 19.7. The maximum Gasteiger partial charge on any atom is 0.271 e. The number of nitrogens with zero attached hydrogens (tertiary/aromatic N) is 3. The molecular weight excluding hydrogens is 513 g/mol. The number of aromatic nitrogens is 2. The molecule has 2 amide bonds. The number of hydrogen-bond acceptors (Lipinski definition) is 8. The van der Waals surface area contributed by atoms with Crippen LogP contribution in [0, 0.1) is 5.82 Å². The normalized spacial score (nSPS) is 15.5. The molecule has 0 spiro atoms. The first-order valence-electron chi connectivity index (χ1n) is 13.5. The third-order valence-corrected chi connectivity index (χ3v) is 7.09. The highest BCUT2D eigenvalue weighted by Crippen LogP contribution is 2.30. The van der Waals surface area contributed by atoms with Crippen LogP contribution in [0.25, 0.3) is 0 Å².